The van der Waals surface area contributed by atoms with Gasteiger partial charge in [-0.15, -0.1) is 5.10 Å². The van der Waals surface area contributed by atoms with Crippen LogP contribution in [0.1, 0.15) is 29.5 Å². The smallest absolute Gasteiger partial charge is 0.258 e. The summed E-state index contributed by atoms with van der Waals surface area (Å²) in [6.07, 6.45) is 0.924. The first kappa shape index (κ1) is 13.1. The van der Waals surface area contributed by atoms with Gasteiger partial charge in [-0.25, -0.2) is 0 Å². The molecule has 0 fully saturated rings. The third-order valence-electron chi connectivity index (χ3n) is 2.39. The van der Waals surface area contributed by atoms with E-state index in [1.54, 1.807) is 25.1 Å². The minimum absolute atomic E-state index is 0.263. The van der Waals surface area contributed by atoms with Crippen LogP contribution in [0.5, 0.6) is 5.75 Å². The average Bonchev–Trinajstić information content (AvgIpc) is 2.82. The Morgan fingerprint density at radius 3 is 3.00 bits per heavy atom. The van der Waals surface area contributed by atoms with E-state index in [1.165, 1.54) is 0 Å². The monoisotopic (exact) mass is 260 g/mol. The van der Waals surface area contributed by atoms with Crippen LogP contribution in [-0.4, -0.2) is 27.7 Å². The second-order valence-corrected chi connectivity index (χ2v) is 4.07. The summed E-state index contributed by atoms with van der Waals surface area (Å²) < 4.78 is 5.48. The molecule has 6 heteroatoms. The van der Waals surface area contributed by atoms with E-state index in [4.69, 9.17) is 4.74 Å². The van der Waals surface area contributed by atoms with E-state index in [0.717, 1.165) is 6.42 Å². The number of benzene rings is 1. The Morgan fingerprint density at radius 2 is 2.32 bits per heavy atom. The number of hydrogen-bond donors (Lipinski definition) is 2. The van der Waals surface area contributed by atoms with Crippen molar-refractivity contribution in [3.63, 3.8) is 0 Å². The van der Waals surface area contributed by atoms with E-state index in [1.807, 2.05) is 13.0 Å². The summed E-state index contributed by atoms with van der Waals surface area (Å²) in [6.45, 7) is 4.43. The highest BCUT2D eigenvalue weighted by Crippen LogP contribution is 2.14. The molecule has 0 aliphatic carbocycles. The van der Waals surface area contributed by atoms with Crippen LogP contribution in [-0.2, 0) is 0 Å². The van der Waals surface area contributed by atoms with Gasteiger partial charge in [0.1, 0.15) is 11.6 Å². The molecule has 2 N–H and O–H groups in total. The molecule has 0 saturated carbocycles. The third-order valence-corrected chi connectivity index (χ3v) is 2.39. The van der Waals surface area contributed by atoms with Crippen LogP contribution in [0.15, 0.2) is 24.3 Å². The number of amides is 1. The number of aromatic amines is 1. The highest BCUT2D eigenvalue weighted by Gasteiger charge is 2.09. The molecular formula is C13H16N4O2. The minimum atomic E-state index is -0.263. The number of H-pyrrole nitrogens is 1. The van der Waals surface area contributed by atoms with E-state index >= 15 is 0 Å². The van der Waals surface area contributed by atoms with Crippen LogP contribution in [0, 0.1) is 6.92 Å². The van der Waals surface area contributed by atoms with Gasteiger partial charge in [0.2, 0.25) is 5.95 Å². The van der Waals surface area contributed by atoms with Crippen LogP contribution in [0.3, 0.4) is 0 Å². The van der Waals surface area contributed by atoms with Crippen molar-refractivity contribution in [2.24, 2.45) is 0 Å². The molecule has 0 radical (unpaired) electrons. The van der Waals surface area contributed by atoms with Gasteiger partial charge < -0.3 is 4.74 Å². The van der Waals surface area contributed by atoms with E-state index in [0.29, 0.717) is 23.7 Å². The van der Waals surface area contributed by atoms with Crippen molar-refractivity contribution in [1.29, 1.82) is 0 Å². The van der Waals surface area contributed by atoms with Gasteiger partial charge in [0.15, 0.2) is 0 Å². The zero-order chi connectivity index (χ0) is 13.7. The molecular weight excluding hydrogens is 244 g/mol. The Morgan fingerprint density at radius 1 is 1.47 bits per heavy atom. The molecule has 0 atom stereocenters. The summed E-state index contributed by atoms with van der Waals surface area (Å²) in [5.74, 6) is 1.33. The van der Waals surface area contributed by atoms with Crippen molar-refractivity contribution in [3.05, 3.63) is 35.7 Å². The Balaban J connectivity index is 2.06. The topological polar surface area (TPSA) is 79.9 Å². The SMILES string of the molecule is CCCOc1cccc(C(=O)Nc2n[nH]c(C)n2)c1. The number of nitrogens with one attached hydrogen (secondary N) is 2. The second kappa shape index (κ2) is 5.99. The predicted molar refractivity (Wildman–Crippen MR) is 71.3 cm³/mol. The fourth-order valence-corrected chi connectivity index (χ4v) is 1.52. The van der Waals surface area contributed by atoms with Crippen LogP contribution >= 0.6 is 0 Å². The molecule has 19 heavy (non-hydrogen) atoms. The minimum Gasteiger partial charge on any atom is -0.494 e. The summed E-state index contributed by atoms with van der Waals surface area (Å²) in [7, 11) is 0. The van der Waals surface area contributed by atoms with E-state index in [2.05, 4.69) is 20.5 Å². The molecule has 0 aliphatic heterocycles. The van der Waals surface area contributed by atoms with Gasteiger partial charge in [0.05, 0.1) is 6.61 Å². The molecule has 1 amide bonds. The largest absolute Gasteiger partial charge is 0.494 e. The van der Waals surface area contributed by atoms with Gasteiger partial charge in [0.25, 0.3) is 5.91 Å². The van der Waals surface area contributed by atoms with Crippen LogP contribution in [0.25, 0.3) is 0 Å². The third kappa shape index (κ3) is 3.54. The number of carbonyl (C=O) groups excluding carboxylic acids is 1. The lowest BCUT2D eigenvalue weighted by Crippen LogP contribution is -2.13. The molecule has 2 rings (SSSR count). The Kier molecular flexibility index (Phi) is 4.12. The number of ether oxygens (including phenoxy) is 1. The van der Waals surface area contributed by atoms with Crippen molar-refractivity contribution in [2.45, 2.75) is 20.3 Å². The molecule has 2 aromatic rings. The number of aryl methyl sites for hydroxylation is 1. The molecule has 6 nitrogen and oxygen atoms in total. The summed E-state index contributed by atoms with van der Waals surface area (Å²) >= 11 is 0. The normalized spacial score (nSPS) is 10.2. The second-order valence-electron chi connectivity index (χ2n) is 4.07. The molecule has 0 saturated heterocycles. The first-order valence-corrected chi connectivity index (χ1v) is 6.12. The van der Waals surface area contributed by atoms with E-state index in [9.17, 15) is 4.79 Å². The number of hydrogen-bond acceptors (Lipinski definition) is 4. The highest BCUT2D eigenvalue weighted by molar-refractivity contribution is 6.03. The molecule has 0 aliphatic rings. The van der Waals surface area contributed by atoms with Gasteiger partial charge >= 0.3 is 0 Å². The van der Waals surface area contributed by atoms with E-state index < -0.39 is 0 Å². The molecule has 0 unspecified atom stereocenters. The first-order valence-electron chi connectivity index (χ1n) is 6.12. The average molecular weight is 260 g/mol. The summed E-state index contributed by atoms with van der Waals surface area (Å²) in [5, 5.41) is 9.13. The maximum absolute atomic E-state index is 12.0. The van der Waals surface area contributed by atoms with Gasteiger partial charge in [-0.3, -0.25) is 15.2 Å². The lowest BCUT2D eigenvalue weighted by atomic mass is 10.2. The Hall–Kier alpha value is -2.37. The number of nitrogens with zero attached hydrogens (tertiary/aromatic N) is 2. The maximum Gasteiger partial charge on any atom is 0.258 e. The van der Waals surface area contributed by atoms with Crippen molar-refractivity contribution in [1.82, 2.24) is 15.2 Å². The molecule has 100 valence electrons. The summed E-state index contributed by atoms with van der Waals surface area (Å²) in [4.78, 5) is 16.0. The fraction of sp³-hybridized carbons (Fsp3) is 0.308. The summed E-state index contributed by atoms with van der Waals surface area (Å²) in [6, 6.07) is 7.02. The fourth-order valence-electron chi connectivity index (χ4n) is 1.52. The lowest BCUT2D eigenvalue weighted by Gasteiger charge is -2.06. The van der Waals surface area contributed by atoms with Crippen LogP contribution < -0.4 is 10.1 Å². The molecule has 0 spiro atoms. The number of carbonyl (C=O) groups is 1. The van der Waals surface area contributed by atoms with Gasteiger partial charge in [0, 0.05) is 5.56 Å². The summed E-state index contributed by atoms with van der Waals surface area (Å²) in [5.41, 5.74) is 0.510. The molecule has 1 heterocycles. The zero-order valence-electron chi connectivity index (χ0n) is 10.9. The van der Waals surface area contributed by atoms with Crippen LogP contribution in [0.4, 0.5) is 5.95 Å². The van der Waals surface area contributed by atoms with Crippen molar-refractivity contribution in [3.8, 4) is 5.75 Å². The van der Waals surface area contributed by atoms with Crippen molar-refractivity contribution in [2.75, 3.05) is 11.9 Å². The van der Waals surface area contributed by atoms with Crippen molar-refractivity contribution >= 4 is 11.9 Å². The lowest BCUT2D eigenvalue weighted by molar-refractivity contribution is 0.102. The Bertz CT molecular complexity index is 565. The zero-order valence-corrected chi connectivity index (χ0v) is 10.9. The highest BCUT2D eigenvalue weighted by atomic mass is 16.5. The number of aromatic nitrogens is 3. The molecule has 1 aromatic carbocycles. The quantitative estimate of drug-likeness (QED) is 0.863. The van der Waals surface area contributed by atoms with Crippen molar-refractivity contribution < 1.29 is 9.53 Å². The van der Waals surface area contributed by atoms with Gasteiger partial charge in [-0.05, 0) is 31.5 Å². The first-order chi connectivity index (χ1) is 9.19. The molecule has 1 aromatic heterocycles. The van der Waals surface area contributed by atoms with Gasteiger partial charge in [-0.2, -0.15) is 4.98 Å². The predicted octanol–water partition coefficient (Wildman–Crippen LogP) is 2.15. The Labute approximate surface area is 111 Å². The maximum atomic E-state index is 12.0. The standard InChI is InChI=1S/C13H16N4O2/c1-3-7-19-11-6-4-5-10(8-11)12(18)15-13-14-9(2)16-17-13/h4-6,8H,3,7H2,1-2H3,(H2,14,15,16,17,18). The van der Waals surface area contributed by atoms with E-state index in [-0.39, 0.29) is 11.9 Å². The molecule has 0 bridgehead atoms. The number of anilines is 1. The number of rotatable bonds is 5. The van der Waals surface area contributed by atoms with Crippen LogP contribution in [0.2, 0.25) is 0 Å². The van der Waals surface area contributed by atoms with Gasteiger partial charge in [-0.1, -0.05) is 13.0 Å².